The maximum atomic E-state index is 12.8. The molecule has 12 heteroatoms. The molecule has 0 bridgehead atoms. The second-order valence-electron chi connectivity index (χ2n) is 11.3. The minimum Gasteiger partial charge on any atom is -0.481 e. The topological polar surface area (TPSA) is 129 Å². The first-order valence-corrected chi connectivity index (χ1v) is 13.6. The summed E-state index contributed by atoms with van der Waals surface area (Å²) in [6, 6.07) is 8.32. The summed E-state index contributed by atoms with van der Waals surface area (Å²) in [7, 11) is 0. The lowest BCUT2D eigenvalue weighted by atomic mass is 9.90. The van der Waals surface area contributed by atoms with Crippen molar-refractivity contribution in [3.8, 4) is 0 Å². The number of carbonyl (C=O) groups excluding carboxylic acids is 1. The molecule has 5 unspecified atom stereocenters. The predicted octanol–water partition coefficient (Wildman–Crippen LogP) is -0.294. The van der Waals surface area contributed by atoms with E-state index in [0.29, 0.717) is 13.2 Å². The van der Waals surface area contributed by atoms with E-state index in [9.17, 15) is 14.7 Å². The summed E-state index contributed by atoms with van der Waals surface area (Å²) in [5.41, 5.74) is 7.91. The predicted molar refractivity (Wildman–Crippen MR) is 142 cm³/mol. The number of carbonyl (C=O) groups is 2. The molecular formula is C26H37N9O3. The van der Waals surface area contributed by atoms with E-state index in [4.69, 9.17) is 6.57 Å². The van der Waals surface area contributed by atoms with Gasteiger partial charge in [-0.2, -0.15) is 0 Å². The number of hydrazine groups is 1. The molecule has 1 aromatic carbocycles. The van der Waals surface area contributed by atoms with E-state index >= 15 is 0 Å². The van der Waals surface area contributed by atoms with Crippen LogP contribution in [0.2, 0.25) is 0 Å². The summed E-state index contributed by atoms with van der Waals surface area (Å²) in [6.45, 7) is 13.4. The van der Waals surface area contributed by atoms with Gasteiger partial charge in [0.2, 0.25) is 5.91 Å². The van der Waals surface area contributed by atoms with Crippen LogP contribution >= 0.6 is 0 Å². The molecule has 4 saturated heterocycles. The quantitative estimate of drug-likeness (QED) is 0.277. The Morgan fingerprint density at radius 2 is 1.84 bits per heavy atom. The smallest absolute Gasteiger partial charge is 0.307 e. The molecule has 1 amide bonds. The van der Waals surface area contributed by atoms with Crippen LogP contribution in [-0.2, 0) is 9.59 Å². The van der Waals surface area contributed by atoms with Crippen LogP contribution < -0.4 is 31.7 Å². The maximum Gasteiger partial charge on any atom is 0.307 e. The van der Waals surface area contributed by atoms with Crippen molar-refractivity contribution in [2.24, 2.45) is 17.3 Å². The van der Waals surface area contributed by atoms with E-state index in [1.165, 1.54) is 0 Å². The number of fused-ring (bicyclic) bond motifs is 1. The van der Waals surface area contributed by atoms with Crippen molar-refractivity contribution in [2.45, 2.75) is 37.8 Å². The molecule has 5 aliphatic rings. The molecule has 5 fully saturated rings. The fourth-order valence-electron chi connectivity index (χ4n) is 6.72. The van der Waals surface area contributed by atoms with E-state index in [1.807, 2.05) is 0 Å². The van der Waals surface area contributed by atoms with Gasteiger partial charge < -0.3 is 15.3 Å². The van der Waals surface area contributed by atoms with Crippen molar-refractivity contribution in [2.75, 3.05) is 62.7 Å². The Labute approximate surface area is 222 Å². The van der Waals surface area contributed by atoms with Crippen molar-refractivity contribution in [3.05, 3.63) is 35.7 Å². The van der Waals surface area contributed by atoms with Crippen molar-refractivity contribution < 1.29 is 14.7 Å². The summed E-state index contributed by atoms with van der Waals surface area (Å²) in [5, 5.41) is 20.2. The van der Waals surface area contributed by atoms with Crippen molar-refractivity contribution in [1.29, 1.82) is 0 Å². The van der Waals surface area contributed by atoms with Crippen molar-refractivity contribution in [3.63, 3.8) is 0 Å². The van der Waals surface area contributed by atoms with Gasteiger partial charge in [0.1, 0.15) is 6.29 Å². The lowest BCUT2D eigenvalue weighted by molar-refractivity contribution is -0.139. The summed E-state index contributed by atoms with van der Waals surface area (Å²) in [5.74, 6) is -1.13. The zero-order valence-corrected chi connectivity index (χ0v) is 21.5. The number of anilines is 2. The number of hydrogen-bond acceptors (Lipinski definition) is 9. The highest BCUT2D eigenvalue weighted by Crippen LogP contribution is 2.59. The van der Waals surface area contributed by atoms with Gasteiger partial charge in [-0.15, -0.1) is 0 Å². The van der Waals surface area contributed by atoms with Gasteiger partial charge in [-0.3, -0.25) is 35.4 Å². The van der Waals surface area contributed by atoms with Crippen LogP contribution in [0, 0.1) is 23.8 Å². The average molecular weight is 524 g/mol. The fourth-order valence-corrected chi connectivity index (χ4v) is 6.72. The van der Waals surface area contributed by atoms with E-state index < -0.39 is 5.97 Å². The van der Waals surface area contributed by atoms with E-state index in [2.05, 4.69) is 70.6 Å². The Bertz CT molecular complexity index is 1080. The molecule has 1 aliphatic carbocycles. The van der Waals surface area contributed by atoms with Gasteiger partial charge in [0.25, 0.3) is 6.67 Å². The third-order valence-electron chi connectivity index (χ3n) is 9.18. The first-order chi connectivity index (χ1) is 18.5. The number of aliphatic carboxylic acids is 1. The zero-order chi connectivity index (χ0) is 26.3. The minimum absolute atomic E-state index is 0.0224. The molecular weight excluding hydrogens is 486 g/mol. The Morgan fingerprint density at radius 3 is 2.50 bits per heavy atom. The SMILES string of the molecule is [C-]#[N+]CN1CCN(C2NC3CNNC(=O)C3C(Nc3ccc(N4CCC5(CC4)CC5C(=O)O)cc3)N2)CC1. The van der Waals surface area contributed by atoms with Crippen molar-refractivity contribution >= 4 is 23.3 Å². The van der Waals surface area contributed by atoms with Gasteiger partial charge in [0.15, 0.2) is 0 Å². The average Bonchev–Trinajstić information content (AvgIpc) is 3.63. The van der Waals surface area contributed by atoms with Gasteiger partial charge >= 0.3 is 5.97 Å². The largest absolute Gasteiger partial charge is 0.481 e. The molecule has 0 aromatic heterocycles. The lowest BCUT2D eigenvalue weighted by Crippen LogP contribution is -2.77. The molecule has 1 spiro atoms. The summed E-state index contributed by atoms with van der Waals surface area (Å²) < 4.78 is 0. The number of piperazine rings is 1. The maximum absolute atomic E-state index is 12.8. The van der Waals surface area contributed by atoms with Crippen LogP contribution in [0.25, 0.3) is 4.85 Å². The molecule has 4 aliphatic heterocycles. The van der Waals surface area contributed by atoms with Gasteiger partial charge in [-0.25, -0.2) is 16.9 Å². The van der Waals surface area contributed by atoms with Crippen LogP contribution in [0.15, 0.2) is 24.3 Å². The minimum atomic E-state index is -0.644. The highest BCUT2D eigenvalue weighted by Gasteiger charge is 2.58. The molecule has 204 valence electrons. The van der Waals surface area contributed by atoms with Crippen LogP contribution in [0.3, 0.4) is 0 Å². The number of carboxylic acids is 1. The third-order valence-corrected chi connectivity index (χ3v) is 9.18. The highest BCUT2D eigenvalue weighted by molar-refractivity contribution is 5.81. The van der Waals surface area contributed by atoms with Gasteiger partial charge in [0.05, 0.1) is 18.0 Å². The molecule has 12 nitrogen and oxygen atoms in total. The summed E-state index contributed by atoms with van der Waals surface area (Å²) in [6.07, 6.45) is 2.36. The Morgan fingerprint density at radius 1 is 1.11 bits per heavy atom. The zero-order valence-electron chi connectivity index (χ0n) is 21.5. The monoisotopic (exact) mass is 523 g/mol. The summed E-state index contributed by atoms with van der Waals surface area (Å²) >= 11 is 0. The molecule has 38 heavy (non-hydrogen) atoms. The number of rotatable bonds is 6. The standard InChI is InChI=1S/C26H37N9O3/c1-27-16-33-10-12-35(13-11-33)25-30-20-15-28-32-23(36)21(20)22(31-25)29-17-2-4-18(5-3-17)34-8-6-26(7-9-34)14-19(26)24(37)38/h2-5,19-22,25,28-31H,6-16H2,(H,32,36)(H,37,38). The molecule has 6 rings (SSSR count). The first kappa shape index (κ1) is 25.3. The Hall–Kier alpha value is -2.95. The van der Waals surface area contributed by atoms with E-state index in [-0.39, 0.29) is 41.7 Å². The first-order valence-electron chi connectivity index (χ1n) is 13.6. The third kappa shape index (κ3) is 4.92. The van der Waals surface area contributed by atoms with Crippen LogP contribution in [-0.4, -0.2) is 97.8 Å². The number of piperidine rings is 1. The van der Waals surface area contributed by atoms with Gasteiger partial charge in [-0.1, -0.05) is 0 Å². The second kappa shape index (κ2) is 10.3. The summed E-state index contributed by atoms with van der Waals surface area (Å²) in [4.78, 5) is 34.6. The Balaban J connectivity index is 1.09. The number of carboxylic acid groups (broad SMARTS) is 1. The number of benzene rings is 1. The Kier molecular flexibility index (Phi) is 6.88. The number of amides is 1. The second-order valence-corrected chi connectivity index (χ2v) is 11.3. The van der Waals surface area contributed by atoms with Crippen molar-refractivity contribution in [1.82, 2.24) is 31.3 Å². The van der Waals surface area contributed by atoms with E-state index in [1.54, 1.807) is 0 Å². The molecule has 6 N–H and O–H groups in total. The normalized spacial score (nSPS) is 33.2. The number of hydrogen-bond donors (Lipinski definition) is 6. The van der Waals surface area contributed by atoms with Crippen LogP contribution in [0.1, 0.15) is 19.3 Å². The number of nitrogens with zero attached hydrogens (tertiary/aromatic N) is 4. The van der Waals surface area contributed by atoms with Crippen LogP contribution in [0.4, 0.5) is 11.4 Å². The lowest BCUT2D eigenvalue weighted by Gasteiger charge is -2.49. The fraction of sp³-hybridized carbons (Fsp3) is 0.654. The molecule has 1 saturated carbocycles. The van der Waals surface area contributed by atoms with Crippen LogP contribution in [0.5, 0.6) is 0 Å². The van der Waals surface area contributed by atoms with E-state index in [0.717, 1.165) is 69.9 Å². The molecule has 1 aromatic rings. The molecule has 0 radical (unpaired) electrons. The number of nitrogens with one attached hydrogen (secondary N) is 5. The molecule has 5 atom stereocenters. The van der Waals surface area contributed by atoms with Gasteiger partial charge in [0, 0.05) is 63.2 Å². The molecule has 4 heterocycles. The van der Waals surface area contributed by atoms with Gasteiger partial charge in [-0.05, 0) is 48.9 Å². The highest BCUT2D eigenvalue weighted by atomic mass is 16.4.